The zero-order valence-electron chi connectivity index (χ0n) is 11.8. The molecule has 1 aliphatic heterocycles. The van der Waals surface area contributed by atoms with Crippen LogP contribution in [0.5, 0.6) is 0 Å². The van der Waals surface area contributed by atoms with E-state index in [1.165, 1.54) is 12.8 Å². The van der Waals surface area contributed by atoms with Gasteiger partial charge in [0.1, 0.15) is 0 Å². The molecule has 0 bridgehead atoms. The number of carbonyl (C=O) groups is 1. The number of aryl methyl sites for hydroxylation is 1. The SMILES string of the molecule is Cc1ccc(S)cc1C(=O)N1CCOC2CCCCC21. The fraction of sp³-hybridized carbons (Fsp3) is 0.562. The smallest absolute Gasteiger partial charge is 0.254 e. The third-order valence-electron chi connectivity index (χ3n) is 4.44. The Hall–Kier alpha value is -1.00. The van der Waals surface area contributed by atoms with E-state index in [1.807, 2.05) is 30.0 Å². The highest BCUT2D eigenvalue weighted by Gasteiger charge is 2.37. The average molecular weight is 291 g/mol. The second-order valence-electron chi connectivity index (χ2n) is 5.76. The number of hydrogen-bond donors (Lipinski definition) is 1. The van der Waals surface area contributed by atoms with E-state index in [2.05, 4.69) is 12.6 Å². The molecule has 2 fully saturated rings. The first-order valence-electron chi connectivity index (χ1n) is 7.39. The van der Waals surface area contributed by atoms with Crippen molar-refractivity contribution in [2.75, 3.05) is 13.2 Å². The van der Waals surface area contributed by atoms with E-state index in [9.17, 15) is 4.79 Å². The van der Waals surface area contributed by atoms with Crippen LogP contribution in [-0.2, 0) is 4.74 Å². The molecule has 108 valence electrons. The molecule has 1 saturated carbocycles. The highest BCUT2D eigenvalue weighted by molar-refractivity contribution is 7.80. The summed E-state index contributed by atoms with van der Waals surface area (Å²) in [5.41, 5.74) is 1.80. The second kappa shape index (κ2) is 5.78. The van der Waals surface area contributed by atoms with Crippen molar-refractivity contribution < 1.29 is 9.53 Å². The first-order chi connectivity index (χ1) is 9.66. The monoisotopic (exact) mass is 291 g/mol. The van der Waals surface area contributed by atoms with Crippen molar-refractivity contribution in [2.24, 2.45) is 0 Å². The number of nitrogens with zero attached hydrogens (tertiary/aromatic N) is 1. The van der Waals surface area contributed by atoms with Crippen molar-refractivity contribution in [3.8, 4) is 0 Å². The third-order valence-corrected chi connectivity index (χ3v) is 4.72. The van der Waals surface area contributed by atoms with Crippen LogP contribution in [0, 0.1) is 6.92 Å². The van der Waals surface area contributed by atoms with Crippen molar-refractivity contribution in [1.82, 2.24) is 4.90 Å². The minimum atomic E-state index is 0.138. The number of fused-ring (bicyclic) bond motifs is 1. The summed E-state index contributed by atoms with van der Waals surface area (Å²) in [6, 6.07) is 6.04. The van der Waals surface area contributed by atoms with E-state index < -0.39 is 0 Å². The largest absolute Gasteiger partial charge is 0.374 e. The molecular formula is C16H21NO2S. The Morgan fingerprint density at radius 3 is 3.00 bits per heavy atom. The van der Waals surface area contributed by atoms with E-state index >= 15 is 0 Å². The molecule has 1 aliphatic carbocycles. The van der Waals surface area contributed by atoms with Gasteiger partial charge in [-0.2, -0.15) is 0 Å². The Balaban J connectivity index is 1.87. The molecule has 1 saturated heterocycles. The van der Waals surface area contributed by atoms with Crippen molar-refractivity contribution in [3.05, 3.63) is 29.3 Å². The molecule has 3 nitrogen and oxygen atoms in total. The maximum Gasteiger partial charge on any atom is 0.254 e. The van der Waals surface area contributed by atoms with Crippen LogP contribution in [0.15, 0.2) is 23.1 Å². The molecule has 1 heterocycles. The Morgan fingerprint density at radius 2 is 2.15 bits per heavy atom. The third kappa shape index (κ3) is 2.59. The Labute approximate surface area is 125 Å². The molecule has 0 spiro atoms. The number of thiol groups is 1. The normalized spacial score (nSPS) is 26.2. The van der Waals surface area contributed by atoms with Crippen LogP contribution in [0.3, 0.4) is 0 Å². The van der Waals surface area contributed by atoms with Crippen LogP contribution in [0.25, 0.3) is 0 Å². The average Bonchev–Trinajstić information content (AvgIpc) is 2.48. The van der Waals surface area contributed by atoms with E-state index in [4.69, 9.17) is 4.74 Å². The van der Waals surface area contributed by atoms with Crippen LogP contribution in [-0.4, -0.2) is 36.1 Å². The maximum atomic E-state index is 12.9. The number of carbonyl (C=O) groups excluding carboxylic acids is 1. The van der Waals surface area contributed by atoms with Crippen LogP contribution in [0.4, 0.5) is 0 Å². The predicted octanol–water partition coefficient (Wildman–Crippen LogP) is 3.07. The van der Waals surface area contributed by atoms with Crippen LogP contribution in [0.2, 0.25) is 0 Å². The first-order valence-corrected chi connectivity index (χ1v) is 7.84. The molecule has 2 atom stereocenters. The molecular weight excluding hydrogens is 270 g/mol. The lowest BCUT2D eigenvalue weighted by molar-refractivity contribution is -0.0753. The standard InChI is InChI=1S/C16H21NO2S/c1-11-6-7-12(20)10-13(11)16(18)17-8-9-19-15-5-3-2-4-14(15)17/h6-7,10,14-15,20H,2-5,8-9H2,1H3. The van der Waals surface area contributed by atoms with Gasteiger partial charge in [0.15, 0.2) is 0 Å². The van der Waals surface area contributed by atoms with Crippen molar-refractivity contribution in [3.63, 3.8) is 0 Å². The molecule has 1 aromatic rings. The van der Waals surface area contributed by atoms with Gasteiger partial charge in [-0.25, -0.2) is 0 Å². The highest BCUT2D eigenvalue weighted by atomic mass is 32.1. The molecule has 0 N–H and O–H groups in total. The summed E-state index contributed by atoms with van der Waals surface area (Å²) in [5.74, 6) is 0.138. The Morgan fingerprint density at radius 1 is 1.35 bits per heavy atom. The Kier molecular flexibility index (Phi) is 4.03. The zero-order valence-corrected chi connectivity index (χ0v) is 12.7. The second-order valence-corrected chi connectivity index (χ2v) is 6.28. The number of morpholine rings is 1. The van der Waals surface area contributed by atoms with Gasteiger partial charge in [0.2, 0.25) is 0 Å². The summed E-state index contributed by atoms with van der Waals surface area (Å²) in [7, 11) is 0. The maximum absolute atomic E-state index is 12.9. The van der Waals surface area contributed by atoms with E-state index in [1.54, 1.807) is 0 Å². The molecule has 1 amide bonds. The van der Waals surface area contributed by atoms with Gasteiger partial charge in [0.05, 0.1) is 18.8 Å². The number of ether oxygens (including phenoxy) is 1. The van der Waals surface area contributed by atoms with Gasteiger partial charge in [-0.15, -0.1) is 12.6 Å². The lowest BCUT2D eigenvalue weighted by atomic mass is 9.89. The Bertz CT molecular complexity index is 515. The van der Waals surface area contributed by atoms with Gasteiger partial charge in [0, 0.05) is 17.0 Å². The summed E-state index contributed by atoms with van der Waals surface area (Å²) in [4.78, 5) is 15.7. The van der Waals surface area contributed by atoms with Gasteiger partial charge >= 0.3 is 0 Å². The van der Waals surface area contributed by atoms with E-state index in [0.29, 0.717) is 13.2 Å². The fourth-order valence-electron chi connectivity index (χ4n) is 3.34. The molecule has 0 aromatic heterocycles. The van der Waals surface area contributed by atoms with Crippen molar-refractivity contribution in [2.45, 2.75) is 49.6 Å². The lowest BCUT2D eigenvalue weighted by Crippen LogP contribution is -2.54. The number of amides is 1. The number of rotatable bonds is 1. The lowest BCUT2D eigenvalue weighted by Gasteiger charge is -2.44. The quantitative estimate of drug-likeness (QED) is 0.806. The van der Waals surface area contributed by atoms with Crippen molar-refractivity contribution >= 4 is 18.5 Å². The fourth-order valence-corrected chi connectivity index (χ4v) is 3.55. The van der Waals surface area contributed by atoms with Crippen molar-refractivity contribution in [1.29, 1.82) is 0 Å². The summed E-state index contributed by atoms with van der Waals surface area (Å²) >= 11 is 4.36. The molecule has 4 heteroatoms. The van der Waals surface area contributed by atoms with Gasteiger partial charge in [-0.3, -0.25) is 4.79 Å². The van der Waals surface area contributed by atoms with Gasteiger partial charge < -0.3 is 9.64 Å². The summed E-state index contributed by atoms with van der Waals surface area (Å²) in [6.45, 7) is 3.35. The zero-order chi connectivity index (χ0) is 14.1. The first kappa shape index (κ1) is 14.0. The van der Waals surface area contributed by atoms with Gasteiger partial charge in [-0.05, 0) is 37.5 Å². The predicted molar refractivity (Wildman–Crippen MR) is 81.5 cm³/mol. The minimum Gasteiger partial charge on any atom is -0.374 e. The molecule has 20 heavy (non-hydrogen) atoms. The van der Waals surface area contributed by atoms with E-state index in [-0.39, 0.29) is 18.1 Å². The van der Waals surface area contributed by atoms with Crippen LogP contribution in [0.1, 0.15) is 41.6 Å². The van der Waals surface area contributed by atoms with Crippen LogP contribution >= 0.6 is 12.6 Å². The number of hydrogen-bond acceptors (Lipinski definition) is 3. The molecule has 1 aromatic carbocycles. The van der Waals surface area contributed by atoms with Gasteiger partial charge in [-0.1, -0.05) is 18.9 Å². The minimum absolute atomic E-state index is 0.138. The topological polar surface area (TPSA) is 29.5 Å². The summed E-state index contributed by atoms with van der Waals surface area (Å²) in [6.07, 6.45) is 4.80. The highest BCUT2D eigenvalue weighted by Crippen LogP contribution is 2.30. The molecule has 2 aliphatic rings. The van der Waals surface area contributed by atoms with E-state index in [0.717, 1.165) is 28.9 Å². The van der Waals surface area contributed by atoms with Gasteiger partial charge in [0.25, 0.3) is 5.91 Å². The summed E-state index contributed by atoms with van der Waals surface area (Å²) < 4.78 is 5.84. The van der Waals surface area contributed by atoms with Crippen LogP contribution < -0.4 is 0 Å². The summed E-state index contributed by atoms with van der Waals surface area (Å²) in [5, 5.41) is 0. The molecule has 3 rings (SSSR count). The molecule has 0 radical (unpaired) electrons. The molecule has 2 unspecified atom stereocenters. The number of benzene rings is 1.